The molecule has 0 saturated heterocycles. The lowest BCUT2D eigenvalue weighted by Crippen LogP contribution is -2.38. The van der Waals surface area contributed by atoms with Gasteiger partial charge in [-0.2, -0.15) is 0 Å². The van der Waals surface area contributed by atoms with Crippen LogP contribution in [0.5, 0.6) is 0 Å². The molecule has 2 aromatic rings. The Hall–Kier alpha value is -2.97. The maximum atomic E-state index is 10.7. The first-order valence-corrected chi connectivity index (χ1v) is 8.67. The highest BCUT2D eigenvalue weighted by Gasteiger charge is 2.05. The van der Waals surface area contributed by atoms with Crippen LogP contribution in [0.1, 0.15) is 11.1 Å². The van der Waals surface area contributed by atoms with Crippen LogP contribution >= 0.6 is 0 Å². The Kier molecular flexibility index (Phi) is 8.75. The van der Waals surface area contributed by atoms with E-state index in [-0.39, 0.29) is 12.3 Å². The van der Waals surface area contributed by atoms with Gasteiger partial charge in [-0.1, -0.05) is 42.5 Å². The first kappa shape index (κ1) is 20.3. The topological polar surface area (TPSA) is 109 Å². The normalized spacial score (nSPS) is 11.2. The van der Waals surface area contributed by atoms with Crippen LogP contribution < -0.4 is 10.6 Å². The lowest BCUT2D eigenvalue weighted by atomic mass is 10.2. The number of non-ortho nitro benzene ring substituents is 1. The lowest BCUT2D eigenvalue weighted by molar-refractivity contribution is -0.384. The molecule has 0 unspecified atom stereocenters. The molecule has 0 saturated carbocycles. The van der Waals surface area contributed by atoms with Gasteiger partial charge in [-0.05, 0) is 11.1 Å². The van der Waals surface area contributed by atoms with E-state index < -0.39 is 4.92 Å². The van der Waals surface area contributed by atoms with E-state index >= 15 is 0 Å². The Morgan fingerprint density at radius 1 is 1.04 bits per heavy atom. The molecule has 0 aliphatic carbocycles. The number of nitrogens with one attached hydrogen (secondary N) is 2. The first-order valence-electron chi connectivity index (χ1n) is 8.67. The Balaban J connectivity index is 1.92. The van der Waals surface area contributed by atoms with Crippen molar-refractivity contribution in [1.82, 2.24) is 10.6 Å². The number of aliphatic hydroxyl groups is 1. The van der Waals surface area contributed by atoms with E-state index in [0.717, 1.165) is 11.1 Å². The number of benzene rings is 2. The van der Waals surface area contributed by atoms with Crippen LogP contribution in [0, 0.1) is 10.1 Å². The molecule has 0 amide bonds. The van der Waals surface area contributed by atoms with Crippen molar-refractivity contribution < 1.29 is 14.8 Å². The van der Waals surface area contributed by atoms with Crippen molar-refractivity contribution in [3.05, 3.63) is 75.8 Å². The second kappa shape index (κ2) is 11.6. The fourth-order valence-electron chi connectivity index (χ4n) is 2.26. The van der Waals surface area contributed by atoms with Crippen LogP contribution in [0.3, 0.4) is 0 Å². The lowest BCUT2D eigenvalue weighted by Gasteiger charge is -2.13. The molecule has 0 aromatic heterocycles. The van der Waals surface area contributed by atoms with Crippen LogP contribution in [-0.4, -0.2) is 42.4 Å². The van der Waals surface area contributed by atoms with Gasteiger partial charge in [0.15, 0.2) is 5.96 Å². The Morgan fingerprint density at radius 3 is 2.44 bits per heavy atom. The average Bonchev–Trinajstić information content (AvgIpc) is 2.70. The summed E-state index contributed by atoms with van der Waals surface area (Å²) in [5.41, 5.74) is 2.06. The van der Waals surface area contributed by atoms with E-state index in [0.29, 0.717) is 38.8 Å². The summed E-state index contributed by atoms with van der Waals surface area (Å²) in [5, 5.41) is 25.8. The largest absolute Gasteiger partial charge is 0.394 e. The van der Waals surface area contributed by atoms with Crippen LogP contribution in [0.2, 0.25) is 0 Å². The molecule has 0 spiro atoms. The van der Waals surface area contributed by atoms with Crippen molar-refractivity contribution >= 4 is 11.6 Å². The molecule has 8 heteroatoms. The Morgan fingerprint density at radius 2 is 1.78 bits per heavy atom. The van der Waals surface area contributed by atoms with E-state index in [1.54, 1.807) is 12.1 Å². The third kappa shape index (κ3) is 7.85. The summed E-state index contributed by atoms with van der Waals surface area (Å²) in [5.74, 6) is 0.616. The molecule has 3 N–H and O–H groups in total. The molecule has 0 fully saturated rings. The van der Waals surface area contributed by atoms with Crippen molar-refractivity contribution in [2.45, 2.75) is 13.1 Å². The highest BCUT2D eigenvalue weighted by atomic mass is 16.6. The molecule has 2 rings (SSSR count). The molecule has 8 nitrogen and oxygen atoms in total. The zero-order chi connectivity index (χ0) is 19.3. The van der Waals surface area contributed by atoms with Gasteiger partial charge in [0.25, 0.3) is 5.69 Å². The van der Waals surface area contributed by atoms with Crippen LogP contribution in [-0.2, 0) is 17.8 Å². The molecular formula is C19H24N4O4. The molecule has 0 aliphatic rings. The second-order valence-corrected chi connectivity index (χ2v) is 5.69. The van der Waals surface area contributed by atoms with Crippen molar-refractivity contribution in [3.8, 4) is 0 Å². The number of ether oxygens (including phenoxy) is 1. The number of aliphatic hydroxyl groups excluding tert-OH is 1. The molecule has 27 heavy (non-hydrogen) atoms. The summed E-state index contributed by atoms with van der Waals surface area (Å²) in [7, 11) is 0. The smallest absolute Gasteiger partial charge is 0.269 e. The number of nitro groups is 1. The summed E-state index contributed by atoms with van der Waals surface area (Å²) in [6.07, 6.45) is 0. The van der Waals surface area contributed by atoms with Crippen LogP contribution in [0.25, 0.3) is 0 Å². The van der Waals surface area contributed by atoms with Crippen LogP contribution in [0.4, 0.5) is 5.69 Å². The van der Waals surface area contributed by atoms with Gasteiger partial charge in [-0.25, -0.2) is 4.99 Å². The van der Waals surface area contributed by atoms with Gasteiger partial charge in [0.05, 0.1) is 31.3 Å². The van der Waals surface area contributed by atoms with Gasteiger partial charge in [0.1, 0.15) is 0 Å². The third-order valence-electron chi connectivity index (χ3n) is 3.64. The van der Waals surface area contributed by atoms with E-state index in [2.05, 4.69) is 15.6 Å². The minimum absolute atomic E-state index is 0.00660. The molecule has 144 valence electrons. The first-order chi connectivity index (χ1) is 13.2. The summed E-state index contributed by atoms with van der Waals surface area (Å²) in [6, 6.07) is 16.3. The minimum atomic E-state index is -0.419. The van der Waals surface area contributed by atoms with E-state index in [4.69, 9.17) is 9.84 Å². The van der Waals surface area contributed by atoms with Gasteiger partial charge in [-0.15, -0.1) is 0 Å². The van der Waals surface area contributed by atoms with Crippen molar-refractivity contribution in [1.29, 1.82) is 0 Å². The van der Waals surface area contributed by atoms with Gasteiger partial charge in [0, 0.05) is 25.2 Å². The number of hydrogen-bond donors (Lipinski definition) is 3. The fraction of sp³-hybridized carbons (Fsp3) is 0.316. The van der Waals surface area contributed by atoms with E-state index in [9.17, 15) is 10.1 Å². The summed E-state index contributed by atoms with van der Waals surface area (Å²) in [4.78, 5) is 14.9. The van der Waals surface area contributed by atoms with Crippen molar-refractivity contribution in [2.75, 3.05) is 26.4 Å². The van der Waals surface area contributed by atoms with Gasteiger partial charge < -0.3 is 20.5 Å². The number of aliphatic imine (C=N–C) groups is 1. The average molecular weight is 372 g/mol. The highest BCUT2D eigenvalue weighted by Crippen LogP contribution is 2.11. The quantitative estimate of drug-likeness (QED) is 0.193. The summed E-state index contributed by atoms with van der Waals surface area (Å²) in [6.45, 7) is 2.29. The Labute approximate surface area is 158 Å². The van der Waals surface area contributed by atoms with Gasteiger partial charge >= 0.3 is 0 Å². The number of rotatable bonds is 10. The molecule has 0 heterocycles. The number of hydrogen-bond acceptors (Lipinski definition) is 5. The fourth-order valence-corrected chi connectivity index (χ4v) is 2.26. The highest BCUT2D eigenvalue weighted by molar-refractivity contribution is 5.79. The maximum Gasteiger partial charge on any atom is 0.269 e. The summed E-state index contributed by atoms with van der Waals surface area (Å²) < 4.78 is 5.24. The molecule has 0 radical (unpaired) electrons. The third-order valence-corrected chi connectivity index (χ3v) is 3.64. The van der Waals surface area contributed by atoms with Crippen molar-refractivity contribution in [2.24, 2.45) is 4.99 Å². The zero-order valence-electron chi connectivity index (χ0n) is 15.0. The van der Waals surface area contributed by atoms with E-state index in [1.165, 1.54) is 12.1 Å². The number of nitrogens with zero attached hydrogens (tertiary/aromatic N) is 2. The minimum Gasteiger partial charge on any atom is -0.394 e. The van der Waals surface area contributed by atoms with Crippen LogP contribution in [0.15, 0.2) is 59.6 Å². The van der Waals surface area contributed by atoms with Gasteiger partial charge in [-0.3, -0.25) is 10.1 Å². The number of guanidine groups is 1. The predicted octanol–water partition coefficient (Wildman–Crippen LogP) is 1.84. The van der Waals surface area contributed by atoms with E-state index in [1.807, 2.05) is 30.3 Å². The molecule has 0 aliphatic heterocycles. The zero-order valence-corrected chi connectivity index (χ0v) is 15.0. The molecule has 2 aromatic carbocycles. The number of nitro benzene ring substituents is 1. The summed E-state index contributed by atoms with van der Waals surface area (Å²) >= 11 is 0. The Bertz CT molecular complexity index is 720. The SMILES string of the molecule is O=[N+]([O-])c1ccc(CNC(=NCc2ccccc2)NCCOCCO)cc1. The molecule has 0 atom stereocenters. The molecular weight excluding hydrogens is 348 g/mol. The monoisotopic (exact) mass is 372 g/mol. The maximum absolute atomic E-state index is 10.7. The van der Waals surface area contributed by atoms with Crippen molar-refractivity contribution in [3.63, 3.8) is 0 Å². The predicted molar refractivity (Wildman–Crippen MR) is 103 cm³/mol. The second-order valence-electron chi connectivity index (χ2n) is 5.69. The van der Waals surface area contributed by atoms with Gasteiger partial charge in [0.2, 0.25) is 0 Å². The standard InChI is InChI=1S/C19H24N4O4/c24-11-13-27-12-10-20-19(21-14-16-4-2-1-3-5-16)22-15-17-6-8-18(9-7-17)23(25)26/h1-9,24H,10-15H2,(H2,20,21,22). The molecule has 0 bridgehead atoms.